The van der Waals surface area contributed by atoms with Crippen molar-refractivity contribution in [3.05, 3.63) is 11.6 Å². The molecule has 0 aromatic carbocycles. The molecule has 0 radical (unpaired) electrons. The van der Waals surface area contributed by atoms with Crippen molar-refractivity contribution < 1.29 is 8.42 Å². The summed E-state index contributed by atoms with van der Waals surface area (Å²) in [5, 5.41) is 6.68. The molecule has 2 rings (SSSR count). The van der Waals surface area contributed by atoms with Gasteiger partial charge in [-0.3, -0.25) is 5.10 Å². The molecule has 1 aromatic rings. The smallest absolute Gasteiger partial charge is 0.154 e. The van der Waals surface area contributed by atoms with Gasteiger partial charge < -0.3 is 0 Å². The van der Waals surface area contributed by atoms with Crippen LogP contribution in [-0.2, 0) is 9.84 Å². The maximum atomic E-state index is 11.2. The van der Waals surface area contributed by atoms with Crippen LogP contribution >= 0.6 is 0 Å². The molecule has 1 unspecified atom stereocenters. The molecule has 0 bridgehead atoms. The largest absolute Gasteiger partial charge is 0.263 e. The van der Waals surface area contributed by atoms with E-state index >= 15 is 0 Å². The predicted molar refractivity (Wildman–Crippen MR) is 47.1 cm³/mol. The van der Waals surface area contributed by atoms with E-state index in [1.54, 1.807) is 6.92 Å². The number of rotatable bonds is 1. The number of aryl methyl sites for hydroxylation is 1. The summed E-state index contributed by atoms with van der Waals surface area (Å²) in [6.45, 7) is 1.81. The topological polar surface area (TPSA) is 75.7 Å². The Morgan fingerprint density at radius 1 is 1.54 bits per heavy atom. The SMILES string of the molecule is Cc1nc(C2CCS(=O)(=O)C2)n[nH]1. The number of sulfone groups is 1. The zero-order valence-electron chi connectivity index (χ0n) is 7.32. The first-order valence-corrected chi connectivity index (χ1v) is 5.98. The molecule has 1 fully saturated rings. The van der Waals surface area contributed by atoms with Crippen molar-refractivity contribution >= 4 is 9.84 Å². The monoisotopic (exact) mass is 201 g/mol. The fourth-order valence-electron chi connectivity index (χ4n) is 1.54. The quantitative estimate of drug-likeness (QED) is 0.694. The molecule has 1 aliphatic rings. The number of H-pyrrole nitrogens is 1. The Hall–Kier alpha value is -0.910. The molecular formula is C7H11N3O2S. The van der Waals surface area contributed by atoms with E-state index < -0.39 is 9.84 Å². The van der Waals surface area contributed by atoms with Gasteiger partial charge in [0.2, 0.25) is 0 Å². The molecule has 1 saturated heterocycles. The van der Waals surface area contributed by atoms with Gasteiger partial charge in [-0.25, -0.2) is 13.4 Å². The van der Waals surface area contributed by atoms with Crippen molar-refractivity contribution in [2.24, 2.45) is 0 Å². The Bertz CT molecular complexity index is 409. The molecular weight excluding hydrogens is 190 g/mol. The van der Waals surface area contributed by atoms with E-state index in [4.69, 9.17) is 0 Å². The number of nitrogens with one attached hydrogen (secondary N) is 1. The van der Waals surface area contributed by atoms with Gasteiger partial charge in [-0.05, 0) is 13.3 Å². The van der Waals surface area contributed by atoms with Crippen molar-refractivity contribution in [1.82, 2.24) is 15.2 Å². The van der Waals surface area contributed by atoms with Gasteiger partial charge in [0.15, 0.2) is 15.7 Å². The normalized spacial score (nSPS) is 26.4. The summed E-state index contributed by atoms with van der Waals surface area (Å²) < 4.78 is 22.3. The number of hydrogen-bond donors (Lipinski definition) is 1. The van der Waals surface area contributed by atoms with Crippen molar-refractivity contribution in [2.75, 3.05) is 11.5 Å². The maximum Gasteiger partial charge on any atom is 0.154 e. The highest BCUT2D eigenvalue weighted by Crippen LogP contribution is 2.25. The number of hydrogen-bond acceptors (Lipinski definition) is 4. The van der Waals surface area contributed by atoms with E-state index in [0.717, 1.165) is 5.82 Å². The van der Waals surface area contributed by atoms with E-state index in [1.807, 2.05) is 0 Å². The molecule has 0 aliphatic carbocycles. The average Bonchev–Trinajstić information content (AvgIpc) is 2.56. The summed E-state index contributed by atoms with van der Waals surface area (Å²) in [4.78, 5) is 4.13. The summed E-state index contributed by atoms with van der Waals surface area (Å²) in [5.74, 6) is 1.84. The van der Waals surface area contributed by atoms with Gasteiger partial charge in [-0.1, -0.05) is 0 Å². The van der Waals surface area contributed by atoms with Gasteiger partial charge in [0.05, 0.1) is 11.5 Å². The van der Waals surface area contributed by atoms with Crippen LogP contribution < -0.4 is 0 Å². The lowest BCUT2D eigenvalue weighted by atomic mass is 10.1. The highest BCUT2D eigenvalue weighted by atomic mass is 32.2. The fraction of sp³-hybridized carbons (Fsp3) is 0.714. The lowest BCUT2D eigenvalue weighted by molar-refractivity contribution is 0.601. The first-order valence-electron chi connectivity index (χ1n) is 4.16. The van der Waals surface area contributed by atoms with E-state index in [9.17, 15) is 8.42 Å². The Labute approximate surface area is 76.5 Å². The van der Waals surface area contributed by atoms with Crippen LogP contribution in [0.25, 0.3) is 0 Å². The summed E-state index contributed by atoms with van der Waals surface area (Å²) in [6, 6.07) is 0. The molecule has 6 heteroatoms. The molecule has 0 saturated carbocycles. The summed E-state index contributed by atoms with van der Waals surface area (Å²) >= 11 is 0. The van der Waals surface area contributed by atoms with Crippen molar-refractivity contribution in [3.63, 3.8) is 0 Å². The van der Waals surface area contributed by atoms with Gasteiger partial charge in [-0.15, -0.1) is 0 Å². The van der Waals surface area contributed by atoms with Crippen LogP contribution in [0.5, 0.6) is 0 Å². The van der Waals surface area contributed by atoms with Crippen molar-refractivity contribution in [2.45, 2.75) is 19.3 Å². The van der Waals surface area contributed by atoms with Crippen molar-refractivity contribution in [3.8, 4) is 0 Å². The molecule has 72 valence electrons. The van der Waals surface area contributed by atoms with Crippen molar-refractivity contribution in [1.29, 1.82) is 0 Å². The molecule has 0 amide bonds. The Morgan fingerprint density at radius 2 is 2.31 bits per heavy atom. The Balaban J connectivity index is 2.21. The molecule has 1 N–H and O–H groups in total. The van der Waals surface area contributed by atoms with Crippen LogP contribution in [0.2, 0.25) is 0 Å². The molecule has 2 heterocycles. The minimum Gasteiger partial charge on any atom is -0.263 e. The van der Waals surface area contributed by atoms with E-state index in [1.165, 1.54) is 0 Å². The average molecular weight is 201 g/mol. The van der Waals surface area contributed by atoms with Gasteiger partial charge in [0.1, 0.15) is 5.82 Å². The molecule has 1 aliphatic heterocycles. The van der Waals surface area contributed by atoms with Crippen LogP contribution in [0.1, 0.15) is 24.0 Å². The molecule has 0 spiro atoms. The third kappa shape index (κ3) is 1.72. The Kier molecular flexibility index (Phi) is 1.87. The first kappa shape index (κ1) is 8.68. The second-order valence-electron chi connectivity index (χ2n) is 3.38. The van der Waals surface area contributed by atoms with E-state index in [0.29, 0.717) is 12.2 Å². The molecule has 13 heavy (non-hydrogen) atoms. The highest BCUT2D eigenvalue weighted by Gasteiger charge is 2.31. The minimum absolute atomic E-state index is 0.00468. The molecule has 1 aromatic heterocycles. The van der Waals surface area contributed by atoms with Gasteiger partial charge in [-0.2, -0.15) is 5.10 Å². The lowest BCUT2D eigenvalue weighted by Crippen LogP contribution is -2.05. The molecule has 5 nitrogen and oxygen atoms in total. The minimum atomic E-state index is -2.83. The second kappa shape index (κ2) is 2.80. The fourth-order valence-corrected chi connectivity index (χ4v) is 3.28. The number of aromatic amines is 1. The zero-order valence-corrected chi connectivity index (χ0v) is 8.13. The summed E-state index contributed by atoms with van der Waals surface area (Å²) in [7, 11) is -2.83. The number of aromatic nitrogens is 3. The van der Waals surface area contributed by atoms with Gasteiger partial charge in [0, 0.05) is 5.92 Å². The van der Waals surface area contributed by atoms with E-state index in [2.05, 4.69) is 15.2 Å². The van der Waals surface area contributed by atoms with Crippen LogP contribution in [0, 0.1) is 6.92 Å². The van der Waals surface area contributed by atoms with E-state index in [-0.39, 0.29) is 17.4 Å². The van der Waals surface area contributed by atoms with Gasteiger partial charge >= 0.3 is 0 Å². The van der Waals surface area contributed by atoms with Crippen LogP contribution in [0.4, 0.5) is 0 Å². The van der Waals surface area contributed by atoms with Crippen LogP contribution in [0.3, 0.4) is 0 Å². The standard InChI is InChI=1S/C7H11N3O2S/c1-5-8-7(10-9-5)6-2-3-13(11,12)4-6/h6H,2-4H2,1H3,(H,8,9,10). The Morgan fingerprint density at radius 3 is 2.77 bits per heavy atom. The first-order chi connectivity index (χ1) is 6.07. The second-order valence-corrected chi connectivity index (χ2v) is 5.61. The van der Waals surface area contributed by atoms with Crippen LogP contribution in [-0.4, -0.2) is 35.1 Å². The highest BCUT2D eigenvalue weighted by molar-refractivity contribution is 7.91. The summed E-state index contributed by atoms with van der Waals surface area (Å²) in [5.41, 5.74) is 0. The predicted octanol–water partition coefficient (Wildman–Crippen LogP) is 0.0152. The maximum absolute atomic E-state index is 11.2. The van der Waals surface area contributed by atoms with Crippen LogP contribution in [0.15, 0.2) is 0 Å². The van der Waals surface area contributed by atoms with Gasteiger partial charge in [0.25, 0.3) is 0 Å². The third-order valence-electron chi connectivity index (χ3n) is 2.21. The summed E-state index contributed by atoms with van der Waals surface area (Å²) in [6.07, 6.45) is 0.652. The number of nitrogens with zero attached hydrogens (tertiary/aromatic N) is 2. The zero-order chi connectivity index (χ0) is 9.47. The molecule has 1 atom stereocenters. The third-order valence-corrected chi connectivity index (χ3v) is 3.98. The lowest BCUT2D eigenvalue weighted by Gasteiger charge is -1.98.